The average molecular weight is 325 g/mol. The number of nitrogens with zero attached hydrogens (tertiary/aromatic N) is 4. The van der Waals surface area contributed by atoms with E-state index in [9.17, 15) is 9.90 Å². The van der Waals surface area contributed by atoms with Gasteiger partial charge in [0.2, 0.25) is 0 Å². The third-order valence-electron chi connectivity index (χ3n) is 4.72. The molecule has 4 rings (SSSR count). The topological polar surface area (TPSA) is 85.0 Å². The highest BCUT2D eigenvalue weighted by atomic mass is 16.3. The molecule has 2 atom stereocenters. The van der Waals surface area contributed by atoms with Gasteiger partial charge in [0, 0.05) is 43.5 Å². The summed E-state index contributed by atoms with van der Waals surface area (Å²) in [5, 5.41) is 12.4. The van der Waals surface area contributed by atoms with Crippen molar-refractivity contribution in [2.45, 2.75) is 25.0 Å². The molecule has 1 aliphatic carbocycles. The molecule has 0 spiro atoms. The van der Waals surface area contributed by atoms with E-state index in [1.54, 1.807) is 18.5 Å². The number of hydrogen-bond acceptors (Lipinski definition) is 4. The second-order valence-electron chi connectivity index (χ2n) is 6.30. The van der Waals surface area contributed by atoms with Gasteiger partial charge in [0.1, 0.15) is 12.4 Å². The second kappa shape index (κ2) is 5.45. The molecule has 0 unspecified atom stereocenters. The average Bonchev–Trinajstić information content (AvgIpc) is 3.06. The predicted molar refractivity (Wildman–Crippen MR) is 88.5 cm³/mol. The molecule has 1 fully saturated rings. The summed E-state index contributed by atoms with van der Waals surface area (Å²) in [5.74, 6) is 0.824. The lowest BCUT2D eigenvalue weighted by Gasteiger charge is -2.06. The van der Waals surface area contributed by atoms with Gasteiger partial charge < -0.3 is 19.6 Å². The number of aryl methyl sites for hydroxylation is 2. The van der Waals surface area contributed by atoms with Crippen LogP contribution in [-0.4, -0.2) is 36.2 Å². The highest BCUT2D eigenvalue weighted by molar-refractivity contribution is 5.97. The maximum absolute atomic E-state index is 12.5. The summed E-state index contributed by atoms with van der Waals surface area (Å²) >= 11 is 0. The molecule has 0 bridgehead atoms. The lowest BCUT2D eigenvalue weighted by atomic mass is 10.2. The van der Waals surface area contributed by atoms with Gasteiger partial charge in [-0.1, -0.05) is 0 Å². The molecule has 24 heavy (non-hydrogen) atoms. The van der Waals surface area contributed by atoms with Crippen LogP contribution in [-0.2, 0) is 20.7 Å². The van der Waals surface area contributed by atoms with Crippen molar-refractivity contribution in [1.29, 1.82) is 0 Å². The molecule has 7 heteroatoms. The maximum Gasteiger partial charge on any atom is 0.251 e. The molecule has 0 aliphatic heterocycles. The van der Waals surface area contributed by atoms with Crippen molar-refractivity contribution >= 4 is 16.9 Å². The van der Waals surface area contributed by atoms with Crippen molar-refractivity contribution in [3.63, 3.8) is 0 Å². The molecular weight excluding hydrogens is 306 g/mol. The Hall–Kier alpha value is -2.67. The van der Waals surface area contributed by atoms with E-state index in [1.165, 1.54) is 0 Å². The normalized spacial score (nSPS) is 19.6. The van der Waals surface area contributed by atoms with E-state index in [0.717, 1.165) is 17.6 Å². The Bertz CT molecular complexity index is 926. The van der Waals surface area contributed by atoms with Gasteiger partial charge in [-0.15, -0.1) is 0 Å². The molecule has 0 saturated heterocycles. The molecule has 2 heterocycles. The summed E-state index contributed by atoms with van der Waals surface area (Å²) in [6, 6.07) is 5.58. The molecule has 0 radical (unpaired) electrons. The van der Waals surface area contributed by atoms with E-state index >= 15 is 0 Å². The zero-order valence-corrected chi connectivity index (χ0v) is 13.6. The number of rotatable bonds is 4. The molecule has 2 N–H and O–H groups in total. The Kier molecular flexibility index (Phi) is 3.38. The third-order valence-corrected chi connectivity index (χ3v) is 4.72. The number of carbonyl (C=O) groups is 1. The van der Waals surface area contributed by atoms with Crippen LogP contribution in [0.4, 0.5) is 0 Å². The summed E-state index contributed by atoms with van der Waals surface area (Å²) in [6.45, 7) is -0.124. The zero-order chi connectivity index (χ0) is 16.8. The first-order chi connectivity index (χ1) is 11.6. The van der Waals surface area contributed by atoms with E-state index in [4.69, 9.17) is 0 Å². The van der Waals surface area contributed by atoms with E-state index in [2.05, 4.69) is 15.3 Å². The first-order valence-corrected chi connectivity index (χ1v) is 7.91. The number of fused-ring (bicyclic) bond motifs is 1. The predicted octanol–water partition coefficient (Wildman–Crippen LogP) is 1.08. The molecule has 2 aromatic heterocycles. The van der Waals surface area contributed by atoms with Gasteiger partial charge in [0.05, 0.1) is 17.4 Å². The summed E-state index contributed by atoms with van der Waals surface area (Å²) in [6.07, 6.45) is 4.57. The summed E-state index contributed by atoms with van der Waals surface area (Å²) in [7, 11) is 3.82. The molecule has 1 saturated carbocycles. The van der Waals surface area contributed by atoms with Crippen LogP contribution in [0.1, 0.15) is 34.2 Å². The monoisotopic (exact) mass is 325 g/mol. The van der Waals surface area contributed by atoms with Crippen molar-refractivity contribution in [1.82, 2.24) is 24.4 Å². The number of imidazole rings is 2. The number of aromatic nitrogens is 4. The lowest BCUT2D eigenvalue weighted by molar-refractivity contribution is 0.0950. The molecule has 124 valence electrons. The van der Waals surface area contributed by atoms with E-state index < -0.39 is 0 Å². The van der Waals surface area contributed by atoms with Crippen LogP contribution in [0.25, 0.3) is 11.0 Å². The van der Waals surface area contributed by atoms with Gasteiger partial charge >= 0.3 is 0 Å². The summed E-state index contributed by atoms with van der Waals surface area (Å²) in [4.78, 5) is 21.0. The fourth-order valence-electron chi connectivity index (χ4n) is 3.19. The number of amides is 1. The highest BCUT2D eigenvalue weighted by Crippen LogP contribution is 2.40. The van der Waals surface area contributed by atoms with Gasteiger partial charge in [-0.3, -0.25) is 4.79 Å². The van der Waals surface area contributed by atoms with Crippen molar-refractivity contribution in [2.24, 2.45) is 14.1 Å². The molecule has 7 nitrogen and oxygen atoms in total. The fourth-order valence-corrected chi connectivity index (χ4v) is 3.19. The minimum absolute atomic E-state index is 0.0947. The second-order valence-corrected chi connectivity index (χ2v) is 6.30. The van der Waals surface area contributed by atoms with E-state index in [0.29, 0.717) is 22.8 Å². The van der Waals surface area contributed by atoms with Crippen LogP contribution < -0.4 is 5.32 Å². The summed E-state index contributed by atoms with van der Waals surface area (Å²) in [5.41, 5.74) is 3.34. The van der Waals surface area contributed by atoms with E-state index in [1.807, 2.05) is 35.5 Å². The number of aliphatic hydroxyl groups is 1. The Morgan fingerprint density at radius 2 is 2.25 bits per heavy atom. The first-order valence-electron chi connectivity index (χ1n) is 7.91. The molecular formula is C17H19N5O2. The van der Waals surface area contributed by atoms with Crippen LogP contribution in [0.15, 0.2) is 30.7 Å². The minimum atomic E-state index is -0.124. The standard InChI is InChI=1S/C17H19N5O2/c1-21-9-18-7-15(21)11-6-12(11)20-17(24)10-3-4-14-13(5-10)19-16(8-23)22(14)2/h3-5,7,9,11-12,23H,6,8H2,1-2H3,(H,20,24)/t11-,12-/m1/s1. The van der Waals surface area contributed by atoms with Gasteiger partial charge in [-0.25, -0.2) is 9.97 Å². The smallest absolute Gasteiger partial charge is 0.251 e. The first kappa shape index (κ1) is 14.9. The van der Waals surface area contributed by atoms with Gasteiger partial charge in [-0.05, 0) is 24.6 Å². The highest BCUT2D eigenvalue weighted by Gasteiger charge is 2.41. The molecule has 1 aromatic carbocycles. The minimum Gasteiger partial charge on any atom is -0.388 e. The van der Waals surface area contributed by atoms with Crippen LogP contribution >= 0.6 is 0 Å². The van der Waals surface area contributed by atoms with Crippen LogP contribution in [0.3, 0.4) is 0 Å². The van der Waals surface area contributed by atoms with Crippen molar-refractivity contribution < 1.29 is 9.90 Å². The number of hydrogen-bond donors (Lipinski definition) is 2. The van der Waals surface area contributed by atoms with Gasteiger partial charge in [0.15, 0.2) is 0 Å². The van der Waals surface area contributed by atoms with Crippen LogP contribution in [0.5, 0.6) is 0 Å². The molecule has 1 amide bonds. The summed E-state index contributed by atoms with van der Waals surface area (Å²) < 4.78 is 3.82. The quantitative estimate of drug-likeness (QED) is 0.752. The maximum atomic E-state index is 12.5. The SMILES string of the molecule is Cn1cncc1[C@@H]1C[C@H]1NC(=O)c1ccc2c(c1)nc(CO)n2C. The lowest BCUT2D eigenvalue weighted by Crippen LogP contribution is -2.26. The fraction of sp³-hybridized carbons (Fsp3) is 0.353. The molecule has 1 aliphatic rings. The van der Waals surface area contributed by atoms with Gasteiger partial charge in [0.25, 0.3) is 5.91 Å². The third kappa shape index (κ3) is 2.37. The number of nitrogens with one attached hydrogen (secondary N) is 1. The largest absolute Gasteiger partial charge is 0.388 e. The van der Waals surface area contributed by atoms with E-state index in [-0.39, 0.29) is 18.6 Å². The van der Waals surface area contributed by atoms with Crippen LogP contribution in [0, 0.1) is 0 Å². The van der Waals surface area contributed by atoms with Crippen molar-refractivity contribution in [2.75, 3.05) is 0 Å². The molecule has 3 aromatic rings. The number of benzene rings is 1. The zero-order valence-electron chi connectivity index (χ0n) is 13.6. The number of aliphatic hydroxyl groups excluding tert-OH is 1. The Morgan fingerprint density at radius 1 is 1.42 bits per heavy atom. The Morgan fingerprint density at radius 3 is 2.96 bits per heavy atom. The van der Waals surface area contributed by atoms with Crippen molar-refractivity contribution in [3.8, 4) is 0 Å². The van der Waals surface area contributed by atoms with Crippen molar-refractivity contribution in [3.05, 3.63) is 47.8 Å². The Labute approximate surface area is 139 Å². The van der Waals surface area contributed by atoms with Crippen LogP contribution in [0.2, 0.25) is 0 Å². The number of carbonyl (C=O) groups excluding carboxylic acids is 1. The Balaban J connectivity index is 1.51. The van der Waals surface area contributed by atoms with Gasteiger partial charge in [-0.2, -0.15) is 0 Å².